The fourth-order valence-corrected chi connectivity index (χ4v) is 1.83. The minimum absolute atomic E-state index is 0.163. The van der Waals surface area contributed by atoms with E-state index in [0.29, 0.717) is 11.4 Å². The average molecular weight is 361 g/mol. The van der Waals surface area contributed by atoms with Gasteiger partial charge in [-0.25, -0.2) is 9.97 Å². The third-order valence-electron chi connectivity index (χ3n) is 2.35. The van der Waals surface area contributed by atoms with Gasteiger partial charge in [-0.3, -0.25) is 4.79 Å². The van der Waals surface area contributed by atoms with E-state index in [1.807, 2.05) is 6.92 Å². The lowest BCUT2D eigenvalue weighted by Crippen LogP contribution is -2.13. The Bertz CT molecular complexity index is 649. The number of rotatable bonds is 2. The lowest BCUT2D eigenvalue weighted by Gasteiger charge is -2.06. The van der Waals surface area contributed by atoms with Crippen LogP contribution in [0.25, 0.3) is 0 Å². The number of carbonyl (C=O) groups is 1. The number of halogens is 3. The van der Waals surface area contributed by atoms with Crippen molar-refractivity contribution in [2.24, 2.45) is 0 Å². The van der Waals surface area contributed by atoms with Crippen molar-refractivity contribution in [3.05, 3.63) is 50.3 Å². The molecule has 1 N–H and O–H groups in total. The van der Waals surface area contributed by atoms with Gasteiger partial charge in [0, 0.05) is 16.9 Å². The first-order valence-electron chi connectivity index (χ1n) is 5.22. The maximum atomic E-state index is 12.0. The predicted octanol–water partition coefficient (Wildman–Crippen LogP) is 4.11. The molecule has 1 amide bonds. The summed E-state index contributed by atoms with van der Waals surface area (Å²) < 4.78 is 0.877. The molecule has 0 unspecified atom stereocenters. The third-order valence-corrected chi connectivity index (χ3v) is 3.86. The van der Waals surface area contributed by atoms with E-state index >= 15 is 0 Å². The monoisotopic (exact) mass is 359 g/mol. The number of anilines is 1. The zero-order valence-corrected chi connectivity index (χ0v) is 12.8. The molecule has 0 radical (unpaired) electrons. The molecule has 0 bridgehead atoms. The Labute approximate surface area is 128 Å². The van der Waals surface area contributed by atoms with Crippen molar-refractivity contribution in [3.63, 3.8) is 0 Å². The van der Waals surface area contributed by atoms with Gasteiger partial charge < -0.3 is 5.32 Å². The van der Waals surface area contributed by atoms with Gasteiger partial charge in [-0.1, -0.05) is 23.2 Å². The molecule has 2 rings (SSSR count). The van der Waals surface area contributed by atoms with E-state index in [4.69, 9.17) is 23.2 Å². The Morgan fingerprint density at radius 2 is 2.00 bits per heavy atom. The Hall–Kier alpha value is -1.17. The summed E-state index contributed by atoms with van der Waals surface area (Å²) in [5, 5.41) is 3.05. The summed E-state index contributed by atoms with van der Waals surface area (Å²) in [4.78, 5) is 19.9. The number of nitrogens with one attached hydrogen (secondary N) is 1. The van der Waals surface area contributed by atoms with Gasteiger partial charge in [-0.2, -0.15) is 0 Å². The van der Waals surface area contributed by atoms with Gasteiger partial charge >= 0.3 is 0 Å². The number of hydrogen-bond donors (Lipinski definition) is 1. The first-order valence-corrected chi connectivity index (χ1v) is 6.77. The zero-order valence-electron chi connectivity index (χ0n) is 9.75. The van der Waals surface area contributed by atoms with Crippen LogP contribution in [-0.2, 0) is 0 Å². The van der Waals surface area contributed by atoms with E-state index in [2.05, 4.69) is 31.2 Å². The quantitative estimate of drug-likeness (QED) is 0.820. The second-order valence-electron chi connectivity index (χ2n) is 3.77. The first-order chi connectivity index (χ1) is 8.97. The number of carbonyl (C=O) groups excluding carboxylic acids is 1. The predicted molar refractivity (Wildman–Crippen MR) is 78.9 cm³/mol. The van der Waals surface area contributed by atoms with Crippen LogP contribution < -0.4 is 5.32 Å². The summed E-state index contributed by atoms with van der Waals surface area (Å²) >= 11 is 14.8. The molecule has 0 fully saturated rings. The lowest BCUT2D eigenvalue weighted by molar-refractivity contribution is 0.102. The maximum Gasteiger partial charge on any atom is 0.258 e. The van der Waals surface area contributed by atoms with Crippen LogP contribution in [0.1, 0.15) is 15.9 Å². The first kappa shape index (κ1) is 14.2. The molecule has 0 aliphatic rings. The fourth-order valence-electron chi connectivity index (χ4n) is 1.34. The van der Waals surface area contributed by atoms with Crippen molar-refractivity contribution in [2.45, 2.75) is 6.92 Å². The van der Waals surface area contributed by atoms with Crippen LogP contribution in [0.2, 0.25) is 10.2 Å². The van der Waals surface area contributed by atoms with E-state index < -0.39 is 0 Å². The smallest absolute Gasteiger partial charge is 0.258 e. The second kappa shape index (κ2) is 5.86. The normalized spacial score (nSPS) is 10.3. The third kappa shape index (κ3) is 3.43. The summed E-state index contributed by atoms with van der Waals surface area (Å²) in [6.45, 7) is 1.90. The van der Waals surface area contributed by atoms with E-state index in [0.717, 1.165) is 10.0 Å². The van der Waals surface area contributed by atoms with Crippen molar-refractivity contribution in [1.82, 2.24) is 9.97 Å². The number of aromatic nitrogens is 2. The van der Waals surface area contributed by atoms with E-state index in [9.17, 15) is 4.79 Å². The summed E-state index contributed by atoms with van der Waals surface area (Å²) in [6, 6.07) is 3.21. The molecule has 98 valence electrons. The molecule has 4 nitrogen and oxygen atoms in total. The molecule has 0 aliphatic carbocycles. The van der Waals surface area contributed by atoms with Gasteiger partial charge in [0.25, 0.3) is 5.91 Å². The summed E-state index contributed by atoms with van der Waals surface area (Å²) in [7, 11) is 0. The van der Waals surface area contributed by atoms with Gasteiger partial charge in [0.2, 0.25) is 0 Å². The van der Waals surface area contributed by atoms with Crippen LogP contribution in [0.4, 0.5) is 5.82 Å². The standard InChI is InChI=1S/C12H8BrCl2N3O/c1-6-2-10(16-5-8(6)13)18-12(19)7-3-9(14)11(15)17-4-7/h2-5H,1H3,(H,16,18,19). The molecule has 2 aromatic rings. The molecule has 0 aliphatic heterocycles. The highest BCUT2D eigenvalue weighted by molar-refractivity contribution is 9.10. The number of nitrogens with zero attached hydrogens (tertiary/aromatic N) is 2. The molecule has 2 aromatic heterocycles. The minimum Gasteiger partial charge on any atom is -0.307 e. The molecule has 0 spiro atoms. The maximum absolute atomic E-state index is 12.0. The number of aryl methyl sites for hydroxylation is 1. The lowest BCUT2D eigenvalue weighted by atomic mass is 10.2. The Kier molecular flexibility index (Phi) is 4.39. The van der Waals surface area contributed by atoms with E-state index in [1.54, 1.807) is 12.3 Å². The highest BCUT2D eigenvalue weighted by Crippen LogP contribution is 2.21. The van der Waals surface area contributed by atoms with Gasteiger partial charge in [0.05, 0.1) is 10.6 Å². The largest absolute Gasteiger partial charge is 0.307 e. The van der Waals surface area contributed by atoms with Crippen molar-refractivity contribution >= 4 is 50.9 Å². The van der Waals surface area contributed by atoms with Crippen molar-refractivity contribution in [3.8, 4) is 0 Å². The van der Waals surface area contributed by atoms with Gasteiger partial charge in [0.1, 0.15) is 11.0 Å². The second-order valence-corrected chi connectivity index (χ2v) is 5.39. The molecular weight excluding hydrogens is 353 g/mol. The average Bonchev–Trinajstić information content (AvgIpc) is 2.37. The fraction of sp³-hybridized carbons (Fsp3) is 0.0833. The highest BCUT2D eigenvalue weighted by Gasteiger charge is 2.10. The Morgan fingerprint density at radius 3 is 2.63 bits per heavy atom. The molecule has 0 atom stereocenters. The minimum atomic E-state index is -0.347. The zero-order chi connectivity index (χ0) is 14.0. The molecule has 0 aromatic carbocycles. The highest BCUT2D eigenvalue weighted by atomic mass is 79.9. The molecule has 7 heteroatoms. The van der Waals surface area contributed by atoms with Crippen LogP contribution in [0.5, 0.6) is 0 Å². The van der Waals surface area contributed by atoms with E-state index in [-0.39, 0.29) is 16.1 Å². The molecule has 0 saturated heterocycles. The van der Waals surface area contributed by atoms with Gasteiger partial charge in [0.15, 0.2) is 0 Å². The molecular formula is C12H8BrCl2N3O. The summed E-state index contributed by atoms with van der Waals surface area (Å²) in [5.74, 6) is 0.108. The Balaban J connectivity index is 2.20. The van der Waals surface area contributed by atoms with Gasteiger partial charge in [-0.05, 0) is 40.5 Å². The van der Waals surface area contributed by atoms with Crippen molar-refractivity contribution in [2.75, 3.05) is 5.32 Å². The number of pyridine rings is 2. The van der Waals surface area contributed by atoms with Crippen LogP contribution in [-0.4, -0.2) is 15.9 Å². The molecule has 0 saturated carbocycles. The number of hydrogen-bond acceptors (Lipinski definition) is 3. The SMILES string of the molecule is Cc1cc(NC(=O)c2cnc(Cl)c(Cl)c2)ncc1Br. The molecule has 19 heavy (non-hydrogen) atoms. The summed E-state index contributed by atoms with van der Waals surface area (Å²) in [6.07, 6.45) is 2.98. The van der Waals surface area contributed by atoms with Crippen molar-refractivity contribution in [1.29, 1.82) is 0 Å². The van der Waals surface area contributed by atoms with Crippen molar-refractivity contribution < 1.29 is 4.79 Å². The topological polar surface area (TPSA) is 54.9 Å². The van der Waals surface area contributed by atoms with E-state index in [1.165, 1.54) is 12.3 Å². The van der Waals surface area contributed by atoms with Crippen LogP contribution >= 0.6 is 39.1 Å². The van der Waals surface area contributed by atoms with Crippen LogP contribution in [0, 0.1) is 6.92 Å². The summed E-state index contributed by atoms with van der Waals surface area (Å²) in [5.41, 5.74) is 1.29. The molecule has 2 heterocycles. The van der Waals surface area contributed by atoms with Gasteiger partial charge in [-0.15, -0.1) is 0 Å². The van der Waals surface area contributed by atoms with Crippen LogP contribution in [0.15, 0.2) is 29.0 Å². The Morgan fingerprint density at radius 1 is 1.26 bits per heavy atom. The number of amides is 1. The van der Waals surface area contributed by atoms with Crippen LogP contribution in [0.3, 0.4) is 0 Å².